The van der Waals surface area contributed by atoms with Crippen molar-refractivity contribution in [3.63, 3.8) is 0 Å². The lowest BCUT2D eigenvalue weighted by Gasteiger charge is -2.26. The number of hydrogen-bond donors (Lipinski definition) is 2. The van der Waals surface area contributed by atoms with Crippen molar-refractivity contribution in [2.75, 3.05) is 43.5 Å². The van der Waals surface area contributed by atoms with Crippen LogP contribution in [0.1, 0.15) is 0 Å². The molecule has 0 aromatic heterocycles. The van der Waals surface area contributed by atoms with Gasteiger partial charge in [0.05, 0.1) is 35.4 Å². The van der Waals surface area contributed by atoms with Crippen molar-refractivity contribution in [1.29, 1.82) is 0 Å². The molecular formula is C18H19Cl2N3O4S. The van der Waals surface area contributed by atoms with Crippen LogP contribution >= 0.6 is 23.2 Å². The highest BCUT2D eigenvalue weighted by Crippen LogP contribution is 2.25. The standard InChI is InChI=1S/C18H19Cl2N3O4S/c19-13-4-5-17(16(20)10-13)21-12-18(24)22-14-2-1-3-15(11-14)28(25,26)23-6-8-27-9-7-23/h1-5,10-11,21H,6-9,12H2,(H,22,24). The van der Waals surface area contributed by atoms with Crippen LogP contribution in [0.15, 0.2) is 47.4 Å². The number of amides is 1. The fraction of sp³-hybridized carbons (Fsp3) is 0.278. The summed E-state index contributed by atoms with van der Waals surface area (Å²) in [6, 6.07) is 11.1. The Morgan fingerprint density at radius 2 is 1.86 bits per heavy atom. The van der Waals surface area contributed by atoms with E-state index in [1.54, 1.807) is 30.3 Å². The number of nitrogens with zero attached hydrogens (tertiary/aromatic N) is 1. The van der Waals surface area contributed by atoms with Gasteiger partial charge in [0, 0.05) is 23.8 Å². The minimum absolute atomic E-state index is 0.0399. The van der Waals surface area contributed by atoms with Crippen molar-refractivity contribution in [3.8, 4) is 0 Å². The summed E-state index contributed by atoms with van der Waals surface area (Å²) in [5, 5.41) is 6.49. The Bertz CT molecular complexity index is 963. The van der Waals surface area contributed by atoms with Crippen LogP contribution in [-0.2, 0) is 19.6 Å². The lowest BCUT2D eigenvalue weighted by Crippen LogP contribution is -2.40. The molecule has 0 radical (unpaired) electrons. The van der Waals surface area contributed by atoms with Crippen LogP contribution in [0.3, 0.4) is 0 Å². The van der Waals surface area contributed by atoms with Crippen molar-refractivity contribution < 1.29 is 17.9 Å². The second-order valence-corrected chi connectivity index (χ2v) is 8.85. The van der Waals surface area contributed by atoms with Gasteiger partial charge in [-0.25, -0.2) is 8.42 Å². The molecule has 0 aliphatic carbocycles. The Morgan fingerprint density at radius 1 is 1.11 bits per heavy atom. The van der Waals surface area contributed by atoms with Crippen molar-refractivity contribution >= 4 is 50.5 Å². The number of sulfonamides is 1. The van der Waals surface area contributed by atoms with Crippen LogP contribution in [-0.4, -0.2) is 51.5 Å². The lowest BCUT2D eigenvalue weighted by molar-refractivity contribution is -0.114. The van der Waals surface area contributed by atoms with Gasteiger partial charge in [-0.1, -0.05) is 29.3 Å². The summed E-state index contributed by atoms with van der Waals surface area (Å²) in [5.74, 6) is -0.341. The number of hydrogen-bond acceptors (Lipinski definition) is 5. The van der Waals surface area contributed by atoms with Crippen molar-refractivity contribution in [1.82, 2.24) is 4.31 Å². The molecule has 10 heteroatoms. The predicted octanol–water partition coefficient (Wildman–Crippen LogP) is 3.06. The fourth-order valence-electron chi connectivity index (χ4n) is 2.68. The third-order valence-electron chi connectivity index (χ3n) is 4.10. The maximum Gasteiger partial charge on any atom is 0.243 e. The molecule has 0 unspecified atom stereocenters. The van der Waals surface area contributed by atoms with Crippen molar-refractivity contribution in [2.45, 2.75) is 4.90 Å². The molecule has 1 saturated heterocycles. The van der Waals surface area contributed by atoms with E-state index in [9.17, 15) is 13.2 Å². The second-order valence-electron chi connectivity index (χ2n) is 6.07. The van der Waals surface area contributed by atoms with Gasteiger partial charge in [-0.15, -0.1) is 0 Å². The van der Waals surface area contributed by atoms with Gasteiger partial charge < -0.3 is 15.4 Å². The molecule has 0 atom stereocenters. The first-order chi connectivity index (χ1) is 13.4. The molecule has 1 aliphatic heterocycles. The Labute approximate surface area is 173 Å². The van der Waals surface area contributed by atoms with Gasteiger partial charge in [-0.2, -0.15) is 4.31 Å². The number of benzene rings is 2. The summed E-state index contributed by atoms with van der Waals surface area (Å²) in [6.07, 6.45) is 0. The van der Waals surface area contributed by atoms with Crippen LogP contribution in [0.2, 0.25) is 10.0 Å². The third-order valence-corrected chi connectivity index (χ3v) is 6.54. The highest BCUT2D eigenvalue weighted by molar-refractivity contribution is 7.89. The number of anilines is 2. The zero-order valence-electron chi connectivity index (χ0n) is 14.8. The molecule has 28 heavy (non-hydrogen) atoms. The first kappa shape index (κ1) is 20.9. The summed E-state index contributed by atoms with van der Waals surface area (Å²) in [5.41, 5.74) is 0.966. The van der Waals surface area contributed by atoms with E-state index in [4.69, 9.17) is 27.9 Å². The average molecular weight is 444 g/mol. The van der Waals surface area contributed by atoms with Gasteiger partial charge in [0.2, 0.25) is 15.9 Å². The van der Waals surface area contributed by atoms with Gasteiger partial charge in [0.25, 0.3) is 0 Å². The Morgan fingerprint density at radius 3 is 2.57 bits per heavy atom. The van der Waals surface area contributed by atoms with Crippen LogP contribution in [0, 0.1) is 0 Å². The maximum atomic E-state index is 12.7. The number of carbonyl (C=O) groups is 1. The summed E-state index contributed by atoms with van der Waals surface area (Å²) >= 11 is 11.9. The SMILES string of the molecule is O=C(CNc1ccc(Cl)cc1Cl)Nc1cccc(S(=O)(=O)N2CCOCC2)c1. The molecule has 2 aromatic rings. The smallest absolute Gasteiger partial charge is 0.243 e. The van der Waals surface area contributed by atoms with Gasteiger partial charge in [0.1, 0.15) is 0 Å². The highest BCUT2D eigenvalue weighted by Gasteiger charge is 2.26. The van der Waals surface area contributed by atoms with E-state index in [1.165, 1.54) is 16.4 Å². The molecule has 1 aliphatic rings. The largest absolute Gasteiger partial charge is 0.379 e. The molecule has 2 N–H and O–H groups in total. The number of halogens is 2. The second kappa shape index (κ2) is 9.11. The molecule has 7 nitrogen and oxygen atoms in total. The van der Waals surface area contributed by atoms with Crippen molar-refractivity contribution in [3.05, 3.63) is 52.5 Å². The third kappa shape index (κ3) is 5.15. The molecule has 150 valence electrons. The number of rotatable bonds is 6. The summed E-state index contributed by atoms with van der Waals surface area (Å²) in [4.78, 5) is 12.3. The quantitative estimate of drug-likeness (QED) is 0.715. The number of nitrogens with one attached hydrogen (secondary N) is 2. The van der Waals surface area contributed by atoms with E-state index in [0.29, 0.717) is 47.7 Å². The zero-order valence-corrected chi connectivity index (χ0v) is 17.1. The van der Waals surface area contributed by atoms with E-state index >= 15 is 0 Å². The molecule has 3 rings (SSSR count). The van der Waals surface area contributed by atoms with Gasteiger partial charge >= 0.3 is 0 Å². The van der Waals surface area contributed by atoms with Gasteiger partial charge in [-0.05, 0) is 36.4 Å². The molecule has 1 amide bonds. The van der Waals surface area contributed by atoms with E-state index in [0.717, 1.165) is 0 Å². The van der Waals surface area contributed by atoms with Gasteiger partial charge in [-0.3, -0.25) is 4.79 Å². The van der Waals surface area contributed by atoms with Crippen LogP contribution in [0.25, 0.3) is 0 Å². The Kier molecular flexibility index (Phi) is 6.79. The summed E-state index contributed by atoms with van der Waals surface area (Å²) < 4.78 is 32.0. The minimum Gasteiger partial charge on any atom is -0.379 e. The van der Waals surface area contributed by atoms with Gasteiger partial charge in [0.15, 0.2) is 0 Å². The van der Waals surface area contributed by atoms with E-state index in [-0.39, 0.29) is 17.3 Å². The van der Waals surface area contributed by atoms with E-state index in [2.05, 4.69) is 10.6 Å². The predicted molar refractivity (Wildman–Crippen MR) is 110 cm³/mol. The van der Waals surface area contributed by atoms with Crippen LogP contribution < -0.4 is 10.6 Å². The van der Waals surface area contributed by atoms with Crippen LogP contribution in [0.5, 0.6) is 0 Å². The molecule has 2 aromatic carbocycles. The summed E-state index contributed by atoms with van der Waals surface area (Å²) in [7, 11) is -3.63. The topological polar surface area (TPSA) is 87.7 Å². The van der Waals surface area contributed by atoms with E-state index < -0.39 is 10.0 Å². The first-order valence-electron chi connectivity index (χ1n) is 8.53. The minimum atomic E-state index is -3.63. The van der Waals surface area contributed by atoms with Crippen LogP contribution in [0.4, 0.5) is 11.4 Å². The normalized spacial score (nSPS) is 15.2. The molecule has 0 spiro atoms. The molecule has 0 saturated carbocycles. The zero-order chi connectivity index (χ0) is 20.1. The fourth-order valence-corrected chi connectivity index (χ4v) is 4.61. The Balaban J connectivity index is 1.64. The first-order valence-corrected chi connectivity index (χ1v) is 10.7. The summed E-state index contributed by atoms with van der Waals surface area (Å²) in [6.45, 7) is 1.32. The molecule has 0 bridgehead atoms. The lowest BCUT2D eigenvalue weighted by atomic mass is 10.3. The molecule has 1 fully saturated rings. The average Bonchev–Trinajstić information content (AvgIpc) is 2.68. The number of ether oxygens (including phenoxy) is 1. The maximum absolute atomic E-state index is 12.7. The molecular weight excluding hydrogens is 425 g/mol. The Hall–Kier alpha value is -1.84. The van der Waals surface area contributed by atoms with Crippen molar-refractivity contribution in [2.24, 2.45) is 0 Å². The highest BCUT2D eigenvalue weighted by atomic mass is 35.5. The number of morpholine rings is 1. The molecule has 1 heterocycles. The van der Waals surface area contributed by atoms with E-state index in [1.807, 2.05) is 0 Å². The number of carbonyl (C=O) groups excluding carboxylic acids is 1. The monoisotopic (exact) mass is 443 g/mol.